The van der Waals surface area contributed by atoms with Gasteiger partial charge in [-0.25, -0.2) is 4.98 Å². The number of aromatic nitrogens is 2. The molecule has 1 unspecified atom stereocenters. The lowest BCUT2D eigenvalue weighted by Crippen LogP contribution is -2.45. The van der Waals surface area contributed by atoms with Gasteiger partial charge in [0.25, 0.3) is 5.56 Å². The van der Waals surface area contributed by atoms with Gasteiger partial charge in [-0.2, -0.15) is 0 Å². The summed E-state index contributed by atoms with van der Waals surface area (Å²) in [4.78, 5) is 53.8. The van der Waals surface area contributed by atoms with Crippen molar-refractivity contribution >= 4 is 34.3 Å². The Morgan fingerprint density at radius 1 is 1.24 bits per heavy atom. The van der Waals surface area contributed by atoms with E-state index in [2.05, 4.69) is 21.5 Å². The molecule has 2 aromatic rings. The molecule has 0 radical (unpaired) electrons. The molecule has 2 N–H and O–H groups in total. The molecular weight excluding hydrogens is 440 g/mol. The van der Waals surface area contributed by atoms with Crippen LogP contribution in [0.15, 0.2) is 23.0 Å². The molecule has 180 valence electrons. The Kier molecular flexibility index (Phi) is 8.90. The number of terminal acetylenes is 1. The lowest BCUT2D eigenvalue weighted by Gasteiger charge is -2.24. The van der Waals surface area contributed by atoms with Crippen LogP contribution < -0.4 is 16.2 Å². The number of para-hydroxylation sites is 1. The monoisotopic (exact) mass is 468 g/mol. The SMILES string of the molecule is C#CCCCOCCOCCC(=O)Nc1cccc2c(=O)n(C3CCC(=O)NC3=O)c(C)nc12. The van der Waals surface area contributed by atoms with Crippen LogP contribution in [-0.2, 0) is 23.9 Å². The average Bonchev–Trinajstić information content (AvgIpc) is 2.80. The second kappa shape index (κ2) is 12.1. The predicted octanol–water partition coefficient (Wildman–Crippen LogP) is 1.46. The first-order chi connectivity index (χ1) is 16.4. The number of nitrogens with one attached hydrogen (secondary N) is 2. The van der Waals surface area contributed by atoms with Crippen LogP contribution in [0.5, 0.6) is 0 Å². The van der Waals surface area contributed by atoms with Gasteiger partial charge in [0.2, 0.25) is 17.7 Å². The predicted molar refractivity (Wildman–Crippen MR) is 125 cm³/mol. The third kappa shape index (κ3) is 6.27. The summed E-state index contributed by atoms with van der Waals surface area (Å²) in [6.45, 7) is 3.22. The molecule has 2 heterocycles. The highest BCUT2D eigenvalue weighted by Crippen LogP contribution is 2.23. The van der Waals surface area contributed by atoms with Crippen LogP contribution in [0.4, 0.5) is 5.69 Å². The molecule has 0 aliphatic carbocycles. The fourth-order valence-corrected chi connectivity index (χ4v) is 3.70. The molecule has 1 fully saturated rings. The van der Waals surface area contributed by atoms with Gasteiger partial charge in [-0.15, -0.1) is 12.3 Å². The summed E-state index contributed by atoms with van der Waals surface area (Å²) < 4.78 is 12.1. The highest BCUT2D eigenvalue weighted by Gasteiger charge is 2.30. The number of nitrogens with zero attached hydrogens (tertiary/aromatic N) is 2. The Labute approximate surface area is 197 Å². The zero-order chi connectivity index (χ0) is 24.5. The highest BCUT2D eigenvalue weighted by molar-refractivity contribution is 6.01. The summed E-state index contributed by atoms with van der Waals surface area (Å²) in [6.07, 6.45) is 7.15. The maximum atomic E-state index is 13.2. The number of unbranched alkanes of at least 4 members (excludes halogenated alkanes) is 1. The fraction of sp³-hybridized carbons (Fsp3) is 0.458. The van der Waals surface area contributed by atoms with Crippen molar-refractivity contribution in [3.8, 4) is 12.3 Å². The number of hydrogen-bond acceptors (Lipinski definition) is 7. The Morgan fingerprint density at radius 2 is 2.00 bits per heavy atom. The van der Waals surface area contributed by atoms with Gasteiger partial charge >= 0.3 is 0 Å². The number of piperidine rings is 1. The van der Waals surface area contributed by atoms with Gasteiger partial charge in [-0.05, 0) is 31.9 Å². The molecule has 1 atom stereocenters. The topological polar surface area (TPSA) is 129 Å². The third-order valence-corrected chi connectivity index (χ3v) is 5.36. The number of imide groups is 1. The van der Waals surface area contributed by atoms with Gasteiger partial charge in [0.05, 0.1) is 37.3 Å². The Balaban J connectivity index is 1.62. The lowest BCUT2D eigenvalue weighted by atomic mass is 10.1. The van der Waals surface area contributed by atoms with E-state index in [1.165, 1.54) is 4.57 Å². The maximum absolute atomic E-state index is 13.2. The molecule has 0 spiro atoms. The van der Waals surface area contributed by atoms with Crippen LogP contribution in [0.2, 0.25) is 0 Å². The smallest absolute Gasteiger partial charge is 0.262 e. The van der Waals surface area contributed by atoms with E-state index in [1.54, 1.807) is 25.1 Å². The number of rotatable bonds is 11. The maximum Gasteiger partial charge on any atom is 0.262 e. The molecule has 1 saturated heterocycles. The van der Waals surface area contributed by atoms with E-state index >= 15 is 0 Å². The number of ether oxygens (including phenoxy) is 2. The molecule has 1 aliphatic heterocycles. The van der Waals surface area contributed by atoms with Crippen molar-refractivity contribution in [3.63, 3.8) is 0 Å². The number of fused-ring (bicyclic) bond motifs is 1. The summed E-state index contributed by atoms with van der Waals surface area (Å²) in [6, 6.07) is 4.08. The van der Waals surface area contributed by atoms with Crippen molar-refractivity contribution in [2.24, 2.45) is 0 Å². The van der Waals surface area contributed by atoms with E-state index in [0.29, 0.717) is 43.3 Å². The number of carbonyl (C=O) groups excluding carboxylic acids is 3. The minimum Gasteiger partial charge on any atom is -0.379 e. The number of carbonyl (C=O) groups is 3. The van der Waals surface area contributed by atoms with Gasteiger partial charge in [0, 0.05) is 19.4 Å². The molecule has 0 bridgehead atoms. The van der Waals surface area contributed by atoms with Gasteiger partial charge in [0.15, 0.2) is 0 Å². The summed E-state index contributed by atoms with van der Waals surface area (Å²) in [5.74, 6) is 1.70. The summed E-state index contributed by atoms with van der Waals surface area (Å²) >= 11 is 0. The minimum atomic E-state index is -0.807. The zero-order valence-electron chi connectivity index (χ0n) is 19.1. The molecule has 1 aliphatic rings. The number of hydrogen-bond donors (Lipinski definition) is 2. The van der Waals surface area contributed by atoms with Crippen LogP contribution in [0.25, 0.3) is 10.9 Å². The van der Waals surface area contributed by atoms with Crippen molar-refractivity contribution < 1.29 is 23.9 Å². The third-order valence-electron chi connectivity index (χ3n) is 5.36. The largest absolute Gasteiger partial charge is 0.379 e. The molecule has 3 rings (SSSR count). The Hall–Kier alpha value is -3.55. The van der Waals surface area contributed by atoms with Crippen LogP contribution in [0.1, 0.15) is 44.0 Å². The molecule has 1 aromatic carbocycles. The highest BCUT2D eigenvalue weighted by atomic mass is 16.5. The quantitative estimate of drug-likeness (QED) is 0.290. The number of amides is 3. The molecule has 3 amide bonds. The number of benzene rings is 1. The summed E-state index contributed by atoms with van der Waals surface area (Å²) in [5, 5.41) is 5.31. The average molecular weight is 469 g/mol. The van der Waals surface area contributed by atoms with E-state index in [1.807, 2.05) is 0 Å². The van der Waals surface area contributed by atoms with Crippen molar-refractivity contribution in [1.29, 1.82) is 0 Å². The van der Waals surface area contributed by atoms with E-state index < -0.39 is 17.5 Å². The van der Waals surface area contributed by atoms with Crippen molar-refractivity contribution in [1.82, 2.24) is 14.9 Å². The molecule has 1 aromatic heterocycles. The van der Waals surface area contributed by atoms with Crippen LogP contribution in [0.3, 0.4) is 0 Å². The van der Waals surface area contributed by atoms with E-state index in [9.17, 15) is 19.2 Å². The summed E-state index contributed by atoms with van der Waals surface area (Å²) in [5.41, 5.74) is 0.330. The van der Waals surface area contributed by atoms with Crippen molar-refractivity contribution in [2.45, 2.75) is 45.1 Å². The normalized spacial score (nSPS) is 15.7. The van der Waals surface area contributed by atoms with Gasteiger partial charge in [0.1, 0.15) is 17.4 Å². The van der Waals surface area contributed by atoms with Gasteiger partial charge in [-0.1, -0.05) is 6.07 Å². The number of anilines is 1. The molecule has 0 saturated carbocycles. The molecule has 34 heavy (non-hydrogen) atoms. The van der Waals surface area contributed by atoms with Crippen LogP contribution in [0, 0.1) is 19.3 Å². The van der Waals surface area contributed by atoms with Crippen LogP contribution >= 0.6 is 0 Å². The summed E-state index contributed by atoms with van der Waals surface area (Å²) in [7, 11) is 0. The van der Waals surface area contributed by atoms with E-state index in [0.717, 1.165) is 6.42 Å². The van der Waals surface area contributed by atoms with E-state index in [-0.39, 0.29) is 43.1 Å². The standard InChI is InChI=1S/C24H28N4O6/c1-3-4-5-12-33-14-15-34-13-11-21(30)26-18-8-6-7-17-22(18)25-16(2)28(24(17)32)19-9-10-20(29)27-23(19)31/h1,6-8,19H,4-5,9-15H2,2H3,(H,26,30)(H,27,29,31). The Bertz CT molecular complexity index is 1170. The number of aryl methyl sites for hydroxylation is 1. The first-order valence-corrected chi connectivity index (χ1v) is 11.2. The molecular formula is C24H28N4O6. The second-order valence-corrected chi connectivity index (χ2v) is 7.83. The van der Waals surface area contributed by atoms with Crippen LogP contribution in [-0.4, -0.2) is 53.7 Å². The zero-order valence-corrected chi connectivity index (χ0v) is 19.1. The van der Waals surface area contributed by atoms with Gasteiger partial charge < -0.3 is 14.8 Å². The molecule has 10 nitrogen and oxygen atoms in total. The first kappa shape index (κ1) is 25.1. The fourth-order valence-electron chi connectivity index (χ4n) is 3.70. The molecule has 10 heteroatoms. The van der Waals surface area contributed by atoms with Crippen molar-refractivity contribution in [2.75, 3.05) is 31.7 Å². The first-order valence-electron chi connectivity index (χ1n) is 11.2. The lowest BCUT2D eigenvalue weighted by molar-refractivity contribution is -0.135. The minimum absolute atomic E-state index is 0.125. The second-order valence-electron chi connectivity index (χ2n) is 7.83. The van der Waals surface area contributed by atoms with E-state index in [4.69, 9.17) is 15.9 Å². The van der Waals surface area contributed by atoms with Gasteiger partial charge in [-0.3, -0.25) is 29.1 Å². The Morgan fingerprint density at radius 3 is 2.74 bits per heavy atom. The van der Waals surface area contributed by atoms with Crippen molar-refractivity contribution in [3.05, 3.63) is 34.4 Å².